The Morgan fingerprint density at radius 2 is 2.13 bits per heavy atom. The standard InChI is InChI=1S/C23H25N3O4S/c1-15-9-10-20(29-2)18(12-15)24-21(27)14-31-22-17-7-3-4-8-19(17)26(23(28)25-22)13-16-6-5-11-30-16/h5-6,9-12H,3-4,7-8,13-14H2,1-2H3,(H,24,27). The summed E-state index contributed by atoms with van der Waals surface area (Å²) in [6.07, 6.45) is 5.37. The van der Waals surface area contributed by atoms with Crippen LogP contribution in [0.25, 0.3) is 0 Å². The van der Waals surface area contributed by atoms with Crippen molar-refractivity contribution in [3.05, 3.63) is 69.7 Å². The SMILES string of the molecule is COc1ccc(C)cc1NC(=O)CSc1nc(=O)n(Cc2ccco2)c2c1CCCC2. The number of amides is 1. The van der Waals surface area contributed by atoms with Crippen molar-refractivity contribution in [2.45, 2.75) is 44.2 Å². The molecule has 0 unspecified atom stereocenters. The summed E-state index contributed by atoms with van der Waals surface area (Å²) in [4.78, 5) is 29.7. The predicted molar refractivity (Wildman–Crippen MR) is 120 cm³/mol. The summed E-state index contributed by atoms with van der Waals surface area (Å²) in [5, 5.41) is 3.55. The van der Waals surface area contributed by atoms with Gasteiger partial charge >= 0.3 is 5.69 Å². The average molecular weight is 440 g/mol. The molecule has 31 heavy (non-hydrogen) atoms. The zero-order valence-electron chi connectivity index (χ0n) is 17.6. The maximum absolute atomic E-state index is 12.8. The molecule has 1 amide bonds. The third-order valence-electron chi connectivity index (χ3n) is 5.31. The van der Waals surface area contributed by atoms with Crippen LogP contribution in [0.3, 0.4) is 0 Å². The molecule has 1 aliphatic carbocycles. The fourth-order valence-electron chi connectivity index (χ4n) is 3.83. The maximum atomic E-state index is 12.8. The Labute approximate surface area is 184 Å². The lowest BCUT2D eigenvalue weighted by molar-refractivity contribution is -0.113. The van der Waals surface area contributed by atoms with Crippen LogP contribution in [0.1, 0.15) is 35.4 Å². The highest BCUT2D eigenvalue weighted by Crippen LogP contribution is 2.30. The van der Waals surface area contributed by atoms with Gasteiger partial charge in [0.15, 0.2) is 0 Å². The number of carbonyl (C=O) groups excluding carboxylic acids is 1. The molecule has 4 rings (SSSR count). The summed E-state index contributed by atoms with van der Waals surface area (Å²) >= 11 is 1.31. The van der Waals surface area contributed by atoms with Gasteiger partial charge in [0, 0.05) is 11.3 Å². The van der Waals surface area contributed by atoms with Crippen molar-refractivity contribution in [3.8, 4) is 5.75 Å². The van der Waals surface area contributed by atoms with Crippen LogP contribution < -0.4 is 15.7 Å². The molecule has 3 aromatic rings. The minimum absolute atomic E-state index is 0.165. The van der Waals surface area contributed by atoms with E-state index in [-0.39, 0.29) is 17.3 Å². The Kier molecular flexibility index (Phi) is 6.46. The number of benzene rings is 1. The van der Waals surface area contributed by atoms with Gasteiger partial charge in [0.25, 0.3) is 0 Å². The molecule has 0 fully saturated rings. The van der Waals surface area contributed by atoms with Gasteiger partial charge in [-0.05, 0) is 62.4 Å². The number of hydrogen-bond acceptors (Lipinski definition) is 6. The summed E-state index contributed by atoms with van der Waals surface area (Å²) in [6, 6.07) is 9.30. The Morgan fingerprint density at radius 1 is 1.29 bits per heavy atom. The van der Waals surface area contributed by atoms with Gasteiger partial charge in [-0.1, -0.05) is 17.8 Å². The summed E-state index contributed by atoms with van der Waals surface area (Å²) in [7, 11) is 1.57. The minimum atomic E-state index is -0.305. The lowest BCUT2D eigenvalue weighted by Crippen LogP contribution is -2.30. The number of ether oxygens (including phenoxy) is 1. The van der Waals surface area contributed by atoms with Gasteiger partial charge in [-0.2, -0.15) is 4.98 Å². The van der Waals surface area contributed by atoms with Gasteiger partial charge in [0.1, 0.15) is 16.5 Å². The number of aromatic nitrogens is 2. The Hall–Kier alpha value is -3.00. The summed E-state index contributed by atoms with van der Waals surface area (Å²) < 4.78 is 12.4. The minimum Gasteiger partial charge on any atom is -0.495 e. The van der Waals surface area contributed by atoms with Gasteiger partial charge in [-0.15, -0.1) is 0 Å². The van der Waals surface area contributed by atoms with Crippen LogP contribution in [0.2, 0.25) is 0 Å². The molecular formula is C23H25N3O4S. The van der Waals surface area contributed by atoms with E-state index in [0.717, 1.165) is 48.3 Å². The molecule has 0 spiro atoms. The predicted octanol–water partition coefficient (Wildman–Crippen LogP) is 3.81. The number of hydrogen-bond donors (Lipinski definition) is 1. The van der Waals surface area contributed by atoms with Crippen LogP contribution in [-0.2, 0) is 24.2 Å². The normalized spacial score (nSPS) is 13.0. The number of nitrogens with zero attached hydrogens (tertiary/aromatic N) is 2. The number of rotatable bonds is 7. The highest BCUT2D eigenvalue weighted by atomic mass is 32.2. The second-order valence-electron chi connectivity index (χ2n) is 7.54. The molecule has 2 aromatic heterocycles. The zero-order chi connectivity index (χ0) is 21.8. The van der Waals surface area contributed by atoms with Crippen LogP contribution in [0.4, 0.5) is 5.69 Å². The Morgan fingerprint density at radius 3 is 2.90 bits per heavy atom. The quantitative estimate of drug-likeness (QED) is 0.445. The molecule has 0 atom stereocenters. The first-order valence-electron chi connectivity index (χ1n) is 10.3. The van der Waals surface area contributed by atoms with Crippen molar-refractivity contribution in [2.24, 2.45) is 0 Å². The molecule has 2 heterocycles. The van der Waals surface area contributed by atoms with E-state index in [0.29, 0.717) is 23.0 Å². The van der Waals surface area contributed by atoms with Crippen LogP contribution >= 0.6 is 11.8 Å². The molecule has 0 bridgehead atoms. The smallest absolute Gasteiger partial charge is 0.349 e. The van der Waals surface area contributed by atoms with Crippen molar-refractivity contribution in [3.63, 3.8) is 0 Å². The fourth-order valence-corrected chi connectivity index (χ4v) is 4.71. The molecule has 7 nitrogen and oxygen atoms in total. The van der Waals surface area contributed by atoms with Gasteiger partial charge < -0.3 is 14.5 Å². The molecule has 0 aliphatic heterocycles. The van der Waals surface area contributed by atoms with Crippen LogP contribution in [-0.4, -0.2) is 28.3 Å². The second-order valence-corrected chi connectivity index (χ2v) is 8.50. The van der Waals surface area contributed by atoms with Crippen LogP contribution in [0.15, 0.2) is 50.8 Å². The molecule has 162 valence electrons. The van der Waals surface area contributed by atoms with Crippen molar-refractivity contribution in [1.82, 2.24) is 9.55 Å². The third-order valence-corrected chi connectivity index (χ3v) is 6.33. The largest absolute Gasteiger partial charge is 0.495 e. The van der Waals surface area contributed by atoms with Gasteiger partial charge in [-0.3, -0.25) is 9.36 Å². The Balaban J connectivity index is 1.52. The zero-order valence-corrected chi connectivity index (χ0v) is 18.5. The van der Waals surface area contributed by atoms with E-state index in [1.54, 1.807) is 17.9 Å². The number of thioether (sulfide) groups is 1. The van der Waals surface area contributed by atoms with Crippen molar-refractivity contribution < 1.29 is 13.9 Å². The maximum Gasteiger partial charge on any atom is 0.349 e. The molecular weight excluding hydrogens is 414 g/mol. The molecule has 1 aliphatic rings. The summed E-state index contributed by atoms with van der Waals surface area (Å²) in [5.74, 6) is 1.33. The van der Waals surface area contributed by atoms with E-state index < -0.39 is 0 Å². The fraction of sp³-hybridized carbons (Fsp3) is 0.348. The Bertz CT molecular complexity index is 1140. The molecule has 8 heteroatoms. The lowest BCUT2D eigenvalue weighted by atomic mass is 9.97. The number of aryl methyl sites for hydroxylation is 1. The summed E-state index contributed by atoms with van der Waals surface area (Å²) in [6.45, 7) is 2.33. The van der Waals surface area contributed by atoms with Gasteiger partial charge in [0.05, 0.1) is 31.4 Å². The van der Waals surface area contributed by atoms with Crippen molar-refractivity contribution in [2.75, 3.05) is 18.2 Å². The van der Waals surface area contributed by atoms with E-state index in [1.807, 2.05) is 37.3 Å². The van der Waals surface area contributed by atoms with Crippen molar-refractivity contribution in [1.29, 1.82) is 0 Å². The number of fused-ring (bicyclic) bond motifs is 1. The molecule has 1 N–H and O–H groups in total. The van der Waals surface area contributed by atoms with Gasteiger partial charge in [-0.25, -0.2) is 4.79 Å². The van der Waals surface area contributed by atoms with Crippen LogP contribution in [0.5, 0.6) is 5.75 Å². The number of anilines is 1. The molecule has 1 aromatic carbocycles. The topological polar surface area (TPSA) is 86.4 Å². The highest BCUT2D eigenvalue weighted by Gasteiger charge is 2.22. The number of furan rings is 1. The number of nitrogens with one attached hydrogen (secondary N) is 1. The first-order chi connectivity index (χ1) is 15.0. The van der Waals surface area contributed by atoms with Gasteiger partial charge in [0.2, 0.25) is 5.91 Å². The number of carbonyl (C=O) groups is 1. The lowest BCUT2D eigenvalue weighted by Gasteiger charge is -2.22. The van der Waals surface area contributed by atoms with Crippen LogP contribution in [0, 0.1) is 6.92 Å². The average Bonchev–Trinajstić information content (AvgIpc) is 3.28. The first kappa shape index (κ1) is 21.2. The molecule has 0 saturated carbocycles. The second kappa shape index (κ2) is 9.43. The third kappa shape index (κ3) is 4.85. The van der Waals surface area contributed by atoms with E-state index in [4.69, 9.17) is 9.15 Å². The van der Waals surface area contributed by atoms with E-state index in [9.17, 15) is 9.59 Å². The highest BCUT2D eigenvalue weighted by molar-refractivity contribution is 8.00. The summed E-state index contributed by atoms with van der Waals surface area (Å²) in [5.41, 5.74) is 3.44. The van der Waals surface area contributed by atoms with E-state index >= 15 is 0 Å². The monoisotopic (exact) mass is 439 g/mol. The van der Waals surface area contributed by atoms with Crippen molar-refractivity contribution >= 4 is 23.4 Å². The van der Waals surface area contributed by atoms with E-state index in [1.165, 1.54) is 11.8 Å². The first-order valence-corrected chi connectivity index (χ1v) is 11.3. The molecule has 0 radical (unpaired) electrons. The molecule has 0 saturated heterocycles. The van der Waals surface area contributed by atoms with E-state index in [2.05, 4.69) is 10.3 Å². The number of methoxy groups -OCH3 is 1.